The number of hydrogen-bond acceptors (Lipinski definition) is 4. The van der Waals surface area contributed by atoms with E-state index in [-0.39, 0.29) is 11.9 Å². The van der Waals surface area contributed by atoms with Crippen LogP contribution in [0.2, 0.25) is 0 Å². The van der Waals surface area contributed by atoms with Crippen LogP contribution in [0.25, 0.3) is 0 Å². The smallest absolute Gasteiger partial charge is 0.408 e. The molecule has 1 aliphatic heterocycles. The molecule has 1 heterocycles. The van der Waals surface area contributed by atoms with Crippen molar-refractivity contribution in [2.24, 2.45) is 5.92 Å². The van der Waals surface area contributed by atoms with Crippen LogP contribution in [-0.4, -0.2) is 29.8 Å². The molecule has 0 radical (unpaired) electrons. The number of esters is 1. The molecular weight excluding hydrogens is 198 g/mol. The van der Waals surface area contributed by atoms with E-state index in [1.165, 1.54) is 0 Å². The molecule has 1 aliphatic carbocycles. The maximum Gasteiger partial charge on any atom is 0.408 e. The fraction of sp³-hybridized carbons (Fsp3) is 0.800. The SMILES string of the molecule is CC(C)(C)OC(=O)N[C@]12C[C@@H]1COC2=O. The quantitative estimate of drug-likeness (QED) is 0.655. The molecule has 0 spiro atoms. The van der Waals surface area contributed by atoms with Crippen molar-refractivity contribution in [3.8, 4) is 0 Å². The fourth-order valence-electron chi connectivity index (χ4n) is 1.78. The van der Waals surface area contributed by atoms with Gasteiger partial charge in [0.1, 0.15) is 11.1 Å². The first-order chi connectivity index (χ1) is 6.83. The number of alkyl carbamates (subject to hydrolysis) is 1. The number of rotatable bonds is 1. The summed E-state index contributed by atoms with van der Waals surface area (Å²) >= 11 is 0. The highest BCUT2D eigenvalue weighted by Crippen LogP contribution is 2.49. The van der Waals surface area contributed by atoms with Crippen LogP contribution in [0.15, 0.2) is 0 Å². The molecule has 2 atom stereocenters. The Hall–Kier alpha value is -1.26. The predicted octanol–water partition coefficient (Wildman–Crippen LogP) is 0.827. The lowest BCUT2D eigenvalue weighted by Gasteiger charge is -2.21. The first kappa shape index (κ1) is 10.3. The van der Waals surface area contributed by atoms with E-state index >= 15 is 0 Å². The minimum absolute atomic E-state index is 0.137. The molecule has 0 aromatic heterocycles. The van der Waals surface area contributed by atoms with Crippen LogP contribution < -0.4 is 5.32 Å². The van der Waals surface area contributed by atoms with Gasteiger partial charge in [0.05, 0.1) is 6.61 Å². The predicted molar refractivity (Wildman–Crippen MR) is 51.2 cm³/mol. The van der Waals surface area contributed by atoms with Crippen molar-refractivity contribution < 1.29 is 19.1 Å². The van der Waals surface area contributed by atoms with Crippen LogP contribution in [0.1, 0.15) is 27.2 Å². The van der Waals surface area contributed by atoms with E-state index in [2.05, 4.69) is 5.32 Å². The average molecular weight is 213 g/mol. The van der Waals surface area contributed by atoms with Crippen LogP contribution in [0.3, 0.4) is 0 Å². The number of hydrogen-bond donors (Lipinski definition) is 1. The van der Waals surface area contributed by atoms with Crippen molar-refractivity contribution in [2.75, 3.05) is 6.61 Å². The first-order valence-corrected chi connectivity index (χ1v) is 5.02. The number of cyclic esters (lactones) is 1. The van der Waals surface area contributed by atoms with Crippen molar-refractivity contribution >= 4 is 12.1 Å². The highest BCUT2D eigenvalue weighted by Gasteiger charge is 2.67. The summed E-state index contributed by atoms with van der Waals surface area (Å²) in [4.78, 5) is 22.8. The van der Waals surface area contributed by atoms with Gasteiger partial charge in [-0.1, -0.05) is 0 Å². The Morgan fingerprint density at radius 2 is 2.27 bits per heavy atom. The summed E-state index contributed by atoms with van der Waals surface area (Å²) in [6.45, 7) is 5.75. The summed E-state index contributed by atoms with van der Waals surface area (Å²) in [5, 5.41) is 2.60. The van der Waals surface area contributed by atoms with Gasteiger partial charge in [0.2, 0.25) is 0 Å². The summed E-state index contributed by atoms with van der Waals surface area (Å²) in [6.07, 6.45) is 0.120. The lowest BCUT2D eigenvalue weighted by molar-refractivity contribution is -0.142. The average Bonchev–Trinajstić information content (AvgIpc) is 2.64. The van der Waals surface area contributed by atoms with Crippen molar-refractivity contribution in [1.82, 2.24) is 5.32 Å². The standard InChI is InChI=1S/C10H15NO4/c1-9(2,3)15-8(13)11-10-4-6(10)5-14-7(10)12/h6H,4-5H2,1-3H3,(H,11,13)/t6-,10-/m1/s1. The van der Waals surface area contributed by atoms with Crippen LogP contribution in [0.4, 0.5) is 4.79 Å². The lowest BCUT2D eigenvalue weighted by Crippen LogP contribution is -2.45. The zero-order chi connectivity index (χ0) is 11.3. The summed E-state index contributed by atoms with van der Waals surface area (Å²) in [5.74, 6) is -0.198. The first-order valence-electron chi connectivity index (χ1n) is 5.02. The molecule has 1 N–H and O–H groups in total. The summed E-state index contributed by atoms with van der Waals surface area (Å²) in [7, 11) is 0. The number of nitrogens with one attached hydrogen (secondary N) is 1. The molecule has 0 bridgehead atoms. The lowest BCUT2D eigenvalue weighted by atomic mass is 10.2. The molecule has 0 aromatic carbocycles. The van der Waals surface area contributed by atoms with Gasteiger partial charge in [-0.3, -0.25) is 0 Å². The van der Waals surface area contributed by atoms with E-state index in [1.807, 2.05) is 0 Å². The molecule has 2 aliphatic rings. The second-order valence-electron chi connectivity index (χ2n) is 5.10. The number of amides is 1. The Labute approximate surface area is 88.1 Å². The van der Waals surface area contributed by atoms with Gasteiger partial charge in [0, 0.05) is 5.92 Å². The molecule has 1 saturated heterocycles. The number of ether oxygens (including phenoxy) is 2. The summed E-state index contributed by atoms with van der Waals surface area (Å²) in [5.41, 5.74) is -1.32. The van der Waals surface area contributed by atoms with Gasteiger partial charge in [0.15, 0.2) is 0 Å². The molecule has 5 heteroatoms. The van der Waals surface area contributed by atoms with E-state index in [9.17, 15) is 9.59 Å². The van der Waals surface area contributed by atoms with Crippen LogP contribution in [-0.2, 0) is 14.3 Å². The molecule has 1 saturated carbocycles. The Balaban J connectivity index is 1.93. The minimum Gasteiger partial charge on any atom is -0.464 e. The third-order valence-corrected chi connectivity index (χ3v) is 2.61. The maximum absolute atomic E-state index is 11.5. The molecule has 84 valence electrons. The number of carbonyl (C=O) groups excluding carboxylic acids is 2. The monoisotopic (exact) mass is 213 g/mol. The summed E-state index contributed by atoms with van der Waals surface area (Å²) in [6, 6.07) is 0. The molecule has 0 unspecified atom stereocenters. The highest BCUT2D eigenvalue weighted by atomic mass is 16.6. The number of fused-ring (bicyclic) bond motifs is 1. The second kappa shape index (κ2) is 2.87. The zero-order valence-electron chi connectivity index (χ0n) is 9.12. The van der Waals surface area contributed by atoms with Crippen molar-refractivity contribution in [3.05, 3.63) is 0 Å². The highest BCUT2D eigenvalue weighted by molar-refractivity contribution is 5.91. The van der Waals surface area contributed by atoms with Gasteiger partial charge in [-0.15, -0.1) is 0 Å². The molecular formula is C10H15NO4. The van der Waals surface area contributed by atoms with Crippen LogP contribution >= 0.6 is 0 Å². The zero-order valence-corrected chi connectivity index (χ0v) is 9.12. The van der Waals surface area contributed by atoms with Gasteiger partial charge in [-0.05, 0) is 27.2 Å². The van der Waals surface area contributed by atoms with E-state index < -0.39 is 17.2 Å². The second-order valence-corrected chi connectivity index (χ2v) is 5.10. The Bertz CT molecular complexity index is 320. The molecule has 2 fully saturated rings. The third kappa shape index (κ3) is 1.78. The molecule has 0 aromatic rings. The Morgan fingerprint density at radius 3 is 2.67 bits per heavy atom. The normalized spacial score (nSPS) is 33.0. The topological polar surface area (TPSA) is 64.6 Å². The minimum atomic E-state index is -0.775. The number of carbonyl (C=O) groups is 2. The van der Waals surface area contributed by atoms with E-state index in [0.29, 0.717) is 13.0 Å². The van der Waals surface area contributed by atoms with Crippen molar-refractivity contribution in [2.45, 2.75) is 38.3 Å². The van der Waals surface area contributed by atoms with Crippen molar-refractivity contribution in [1.29, 1.82) is 0 Å². The molecule has 15 heavy (non-hydrogen) atoms. The van der Waals surface area contributed by atoms with E-state index in [1.54, 1.807) is 20.8 Å². The van der Waals surface area contributed by atoms with Gasteiger partial charge in [-0.2, -0.15) is 0 Å². The van der Waals surface area contributed by atoms with E-state index in [4.69, 9.17) is 9.47 Å². The van der Waals surface area contributed by atoms with Gasteiger partial charge in [0.25, 0.3) is 0 Å². The van der Waals surface area contributed by atoms with Gasteiger partial charge in [-0.25, -0.2) is 9.59 Å². The molecule has 1 amide bonds. The molecule has 5 nitrogen and oxygen atoms in total. The Morgan fingerprint density at radius 1 is 1.60 bits per heavy atom. The van der Waals surface area contributed by atoms with Gasteiger partial charge >= 0.3 is 12.1 Å². The van der Waals surface area contributed by atoms with Crippen LogP contribution in [0, 0.1) is 5.92 Å². The third-order valence-electron chi connectivity index (χ3n) is 2.61. The largest absolute Gasteiger partial charge is 0.464 e. The van der Waals surface area contributed by atoms with Crippen molar-refractivity contribution in [3.63, 3.8) is 0 Å². The van der Waals surface area contributed by atoms with E-state index in [0.717, 1.165) is 0 Å². The molecule has 2 rings (SSSR count). The Kier molecular flexibility index (Phi) is 1.96. The fourth-order valence-corrected chi connectivity index (χ4v) is 1.78. The van der Waals surface area contributed by atoms with Crippen LogP contribution in [0.5, 0.6) is 0 Å². The van der Waals surface area contributed by atoms with Gasteiger partial charge < -0.3 is 14.8 Å². The maximum atomic E-state index is 11.5. The summed E-state index contributed by atoms with van der Waals surface area (Å²) < 4.78 is 9.92.